The van der Waals surface area contributed by atoms with Gasteiger partial charge < -0.3 is 20.9 Å². The number of carbonyl (C=O) groups is 3. The second-order valence-corrected chi connectivity index (χ2v) is 7.44. The van der Waals surface area contributed by atoms with E-state index in [4.69, 9.17) is 0 Å². The highest BCUT2D eigenvalue weighted by molar-refractivity contribution is 5.92. The average molecular weight is 411 g/mol. The van der Waals surface area contributed by atoms with Crippen molar-refractivity contribution in [2.45, 2.75) is 33.4 Å². The van der Waals surface area contributed by atoms with Crippen molar-refractivity contribution in [1.29, 1.82) is 0 Å². The Morgan fingerprint density at radius 1 is 0.900 bits per heavy atom. The summed E-state index contributed by atoms with van der Waals surface area (Å²) in [5, 5.41) is 8.41. The van der Waals surface area contributed by atoms with Gasteiger partial charge in [0.25, 0.3) is 0 Å². The highest BCUT2D eigenvalue weighted by Gasteiger charge is 2.10. The molecule has 0 saturated carbocycles. The Bertz CT molecular complexity index is 835. The minimum absolute atomic E-state index is 0.0347. The number of hydrogen-bond donors (Lipinski definition) is 3. The van der Waals surface area contributed by atoms with E-state index in [9.17, 15) is 14.4 Å². The Morgan fingerprint density at radius 2 is 1.57 bits per heavy atom. The van der Waals surface area contributed by atoms with Crippen LogP contribution in [0.2, 0.25) is 0 Å². The molecule has 0 bridgehead atoms. The topological polar surface area (TPSA) is 90.5 Å². The zero-order valence-electron chi connectivity index (χ0n) is 17.8. The third kappa shape index (κ3) is 7.95. The van der Waals surface area contributed by atoms with Gasteiger partial charge in [0.2, 0.25) is 11.8 Å². The molecule has 0 aromatic heterocycles. The maximum Gasteiger partial charge on any atom is 0.317 e. The highest BCUT2D eigenvalue weighted by Crippen LogP contribution is 2.11. The van der Waals surface area contributed by atoms with E-state index in [1.54, 1.807) is 11.9 Å². The molecule has 7 heteroatoms. The molecule has 4 amide bonds. The lowest BCUT2D eigenvalue weighted by molar-refractivity contribution is -0.121. The standard InChI is InChI=1S/C23H30N4O3/c1-17(2)22(29)26-20-11-9-18(10-12-20)15-25-21(28)13-14-24-23(30)27(3)16-19-7-5-4-6-8-19/h4-12,17H,13-16H2,1-3H3,(H,24,30)(H,25,28)(H,26,29). The molecule has 0 aliphatic heterocycles. The van der Waals surface area contributed by atoms with Gasteiger partial charge >= 0.3 is 6.03 Å². The summed E-state index contributed by atoms with van der Waals surface area (Å²) in [7, 11) is 1.72. The Kier molecular flexibility index (Phi) is 8.87. The largest absolute Gasteiger partial charge is 0.352 e. The van der Waals surface area contributed by atoms with Crippen LogP contribution in [0.15, 0.2) is 54.6 Å². The summed E-state index contributed by atoms with van der Waals surface area (Å²) in [4.78, 5) is 37.4. The fraction of sp³-hybridized carbons (Fsp3) is 0.348. The van der Waals surface area contributed by atoms with Crippen molar-refractivity contribution >= 4 is 23.5 Å². The first-order valence-electron chi connectivity index (χ1n) is 10.0. The van der Waals surface area contributed by atoms with E-state index in [1.807, 2.05) is 68.4 Å². The first kappa shape index (κ1) is 22.9. The molecule has 7 nitrogen and oxygen atoms in total. The molecule has 0 aliphatic rings. The Morgan fingerprint density at radius 3 is 2.20 bits per heavy atom. The monoisotopic (exact) mass is 410 g/mol. The van der Waals surface area contributed by atoms with Gasteiger partial charge in [-0.15, -0.1) is 0 Å². The van der Waals surface area contributed by atoms with Crippen LogP contribution in [0.5, 0.6) is 0 Å². The summed E-state index contributed by atoms with van der Waals surface area (Å²) in [5.41, 5.74) is 2.70. The molecule has 0 atom stereocenters. The predicted octanol–water partition coefficient (Wildman–Crippen LogP) is 3.13. The van der Waals surface area contributed by atoms with Gasteiger partial charge in [0.1, 0.15) is 0 Å². The third-order valence-corrected chi connectivity index (χ3v) is 4.47. The summed E-state index contributed by atoms with van der Waals surface area (Å²) < 4.78 is 0. The van der Waals surface area contributed by atoms with E-state index in [1.165, 1.54) is 0 Å². The minimum atomic E-state index is -0.217. The molecule has 0 radical (unpaired) electrons. The fourth-order valence-electron chi connectivity index (χ4n) is 2.63. The molecule has 3 N–H and O–H groups in total. The number of rotatable bonds is 9. The number of urea groups is 1. The normalized spacial score (nSPS) is 10.4. The molecular formula is C23H30N4O3. The van der Waals surface area contributed by atoms with Crippen LogP contribution >= 0.6 is 0 Å². The van der Waals surface area contributed by atoms with Gasteiger partial charge in [0.05, 0.1) is 0 Å². The summed E-state index contributed by atoms with van der Waals surface area (Å²) >= 11 is 0. The van der Waals surface area contributed by atoms with Crippen molar-refractivity contribution in [3.8, 4) is 0 Å². The number of anilines is 1. The highest BCUT2D eigenvalue weighted by atomic mass is 16.2. The van der Waals surface area contributed by atoms with Crippen molar-refractivity contribution in [3.05, 3.63) is 65.7 Å². The Hall–Kier alpha value is -3.35. The van der Waals surface area contributed by atoms with Crippen molar-refractivity contribution in [1.82, 2.24) is 15.5 Å². The van der Waals surface area contributed by atoms with Crippen LogP contribution in [0.3, 0.4) is 0 Å². The number of hydrogen-bond acceptors (Lipinski definition) is 3. The number of nitrogens with one attached hydrogen (secondary N) is 3. The lowest BCUT2D eigenvalue weighted by Crippen LogP contribution is -2.38. The molecule has 0 saturated heterocycles. The second-order valence-electron chi connectivity index (χ2n) is 7.44. The lowest BCUT2D eigenvalue weighted by Gasteiger charge is -2.18. The van der Waals surface area contributed by atoms with Gasteiger partial charge in [-0.2, -0.15) is 0 Å². The molecule has 0 heterocycles. The van der Waals surface area contributed by atoms with E-state index >= 15 is 0 Å². The summed E-state index contributed by atoms with van der Waals surface area (Å²) in [5.74, 6) is -0.256. The van der Waals surface area contributed by atoms with Crippen molar-refractivity contribution < 1.29 is 14.4 Å². The van der Waals surface area contributed by atoms with Gasteiger partial charge in [-0.3, -0.25) is 9.59 Å². The first-order chi connectivity index (χ1) is 14.3. The molecule has 30 heavy (non-hydrogen) atoms. The number of benzene rings is 2. The number of carbonyl (C=O) groups excluding carboxylic acids is 3. The van der Waals surface area contributed by atoms with E-state index in [0.717, 1.165) is 16.8 Å². The summed E-state index contributed by atoms with van der Waals surface area (Å²) in [6.07, 6.45) is 0.202. The quantitative estimate of drug-likeness (QED) is 0.593. The zero-order chi connectivity index (χ0) is 21.9. The van der Waals surface area contributed by atoms with Crippen LogP contribution in [0.1, 0.15) is 31.4 Å². The summed E-state index contributed by atoms with van der Waals surface area (Å²) in [6, 6.07) is 16.8. The molecular weight excluding hydrogens is 380 g/mol. The molecule has 0 spiro atoms. The zero-order valence-corrected chi connectivity index (χ0v) is 17.8. The lowest BCUT2D eigenvalue weighted by atomic mass is 10.1. The van der Waals surface area contributed by atoms with Crippen molar-refractivity contribution in [2.24, 2.45) is 5.92 Å². The van der Waals surface area contributed by atoms with E-state index in [0.29, 0.717) is 13.1 Å². The maximum absolute atomic E-state index is 12.1. The molecule has 160 valence electrons. The van der Waals surface area contributed by atoms with Gasteiger partial charge in [-0.05, 0) is 23.3 Å². The molecule has 0 aliphatic carbocycles. The van der Waals surface area contributed by atoms with Gasteiger partial charge in [0, 0.05) is 44.7 Å². The van der Waals surface area contributed by atoms with E-state index in [-0.39, 0.29) is 36.7 Å². The molecule has 2 aromatic rings. The molecule has 0 fully saturated rings. The van der Waals surface area contributed by atoms with Crippen LogP contribution in [0, 0.1) is 5.92 Å². The smallest absolute Gasteiger partial charge is 0.317 e. The predicted molar refractivity (Wildman–Crippen MR) is 118 cm³/mol. The van der Waals surface area contributed by atoms with Crippen LogP contribution in [-0.4, -0.2) is 36.3 Å². The van der Waals surface area contributed by atoms with Crippen molar-refractivity contribution in [3.63, 3.8) is 0 Å². The molecule has 2 aromatic carbocycles. The van der Waals surface area contributed by atoms with Gasteiger partial charge in [-0.25, -0.2) is 4.79 Å². The average Bonchev–Trinajstić information content (AvgIpc) is 2.73. The maximum atomic E-state index is 12.1. The van der Waals surface area contributed by atoms with Gasteiger partial charge in [-0.1, -0.05) is 56.3 Å². The minimum Gasteiger partial charge on any atom is -0.352 e. The summed E-state index contributed by atoms with van der Waals surface area (Å²) in [6.45, 7) is 4.83. The van der Waals surface area contributed by atoms with Gasteiger partial charge in [0.15, 0.2) is 0 Å². The Balaban J connectivity index is 1.66. The first-order valence-corrected chi connectivity index (χ1v) is 10.0. The van der Waals surface area contributed by atoms with E-state index < -0.39 is 0 Å². The Labute approximate surface area is 177 Å². The number of amides is 4. The SMILES string of the molecule is CC(C)C(=O)Nc1ccc(CNC(=O)CCNC(=O)N(C)Cc2ccccc2)cc1. The van der Waals surface area contributed by atoms with Crippen LogP contribution in [0.4, 0.5) is 10.5 Å². The van der Waals surface area contributed by atoms with Crippen LogP contribution in [0.25, 0.3) is 0 Å². The van der Waals surface area contributed by atoms with Crippen LogP contribution in [-0.2, 0) is 22.7 Å². The van der Waals surface area contributed by atoms with Crippen molar-refractivity contribution in [2.75, 3.05) is 18.9 Å². The molecule has 2 rings (SSSR count). The van der Waals surface area contributed by atoms with E-state index in [2.05, 4.69) is 16.0 Å². The third-order valence-electron chi connectivity index (χ3n) is 4.47. The number of nitrogens with zero attached hydrogens (tertiary/aromatic N) is 1. The molecule has 0 unspecified atom stereocenters. The fourth-order valence-corrected chi connectivity index (χ4v) is 2.63. The second kappa shape index (κ2) is 11.6. The van der Waals surface area contributed by atoms with Crippen LogP contribution < -0.4 is 16.0 Å².